The monoisotopic (exact) mass is 386 g/mol. The van der Waals surface area contributed by atoms with Crippen LogP contribution < -0.4 is 0 Å². The van der Waals surface area contributed by atoms with Crippen molar-refractivity contribution < 1.29 is 9.53 Å². The number of rotatable bonds is 2. The third kappa shape index (κ3) is 3.65. The topological polar surface area (TPSA) is 42.4 Å². The van der Waals surface area contributed by atoms with Gasteiger partial charge in [-0.1, -0.05) is 24.3 Å². The van der Waals surface area contributed by atoms with Gasteiger partial charge < -0.3 is 9.64 Å². The molecule has 2 aromatic carbocycles. The van der Waals surface area contributed by atoms with Gasteiger partial charge in [0, 0.05) is 43.4 Å². The van der Waals surface area contributed by atoms with Crippen LogP contribution in [0.2, 0.25) is 0 Å². The Balaban J connectivity index is 1.34. The Bertz CT molecular complexity index is 1020. The minimum absolute atomic E-state index is 0.157. The first-order valence-corrected chi connectivity index (χ1v) is 10.5. The quantitative estimate of drug-likeness (QED) is 0.627. The molecule has 29 heavy (non-hydrogen) atoms. The van der Waals surface area contributed by atoms with Crippen molar-refractivity contribution in [3.05, 3.63) is 66.4 Å². The molecule has 3 heterocycles. The molecular formula is C25H26N2O2. The Labute approximate surface area is 171 Å². The van der Waals surface area contributed by atoms with Gasteiger partial charge in [-0.3, -0.25) is 9.78 Å². The van der Waals surface area contributed by atoms with Crippen LogP contribution in [0.25, 0.3) is 22.0 Å². The average Bonchev–Trinajstić information content (AvgIpc) is 2.79. The molecule has 0 saturated carbocycles. The van der Waals surface area contributed by atoms with E-state index in [1.807, 2.05) is 30.5 Å². The number of carbonyl (C=O) groups excluding carboxylic acids is 1. The zero-order chi connectivity index (χ0) is 19.7. The van der Waals surface area contributed by atoms with E-state index in [0.29, 0.717) is 0 Å². The van der Waals surface area contributed by atoms with Gasteiger partial charge in [0.25, 0.3) is 5.91 Å². The van der Waals surface area contributed by atoms with E-state index in [4.69, 9.17) is 4.74 Å². The number of amides is 1. The molecule has 2 aliphatic heterocycles. The Morgan fingerprint density at radius 2 is 1.76 bits per heavy atom. The zero-order valence-corrected chi connectivity index (χ0v) is 16.6. The third-order valence-electron chi connectivity index (χ3n) is 6.57. The van der Waals surface area contributed by atoms with E-state index in [9.17, 15) is 4.79 Å². The van der Waals surface area contributed by atoms with E-state index in [0.717, 1.165) is 73.2 Å². The molecule has 0 aliphatic carbocycles. The highest BCUT2D eigenvalue weighted by molar-refractivity contribution is 5.95. The van der Waals surface area contributed by atoms with Gasteiger partial charge in [0.05, 0.1) is 5.52 Å². The summed E-state index contributed by atoms with van der Waals surface area (Å²) in [4.78, 5) is 19.6. The highest BCUT2D eigenvalue weighted by Gasteiger charge is 2.38. The molecule has 3 aromatic rings. The minimum atomic E-state index is 0.157. The maximum absolute atomic E-state index is 13.1. The second-order valence-electron chi connectivity index (χ2n) is 8.43. The summed E-state index contributed by atoms with van der Waals surface area (Å²) >= 11 is 0. The normalized spacial score (nSPS) is 18.8. The van der Waals surface area contributed by atoms with Crippen LogP contribution in [0.4, 0.5) is 0 Å². The molecule has 2 saturated heterocycles. The Kier molecular flexibility index (Phi) is 4.80. The molecule has 1 spiro atoms. The van der Waals surface area contributed by atoms with Crippen molar-refractivity contribution in [3.63, 3.8) is 0 Å². The average molecular weight is 386 g/mol. The summed E-state index contributed by atoms with van der Waals surface area (Å²) in [6.45, 7) is 3.39. The van der Waals surface area contributed by atoms with E-state index in [-0.39, 0.29) is 11.3 Å². The van der Waals surface area contributed by atoms with Crippen molar-refractivity contribution in [3.8, 4) is 11.1 Å². The van der Waals surface area contributed by atoms with Crippen LogP contribution >= 0.6 is 0 Å². The van der Waals surface area contributed by atoms with Crippen molar-refractivity contribution in [1.82, 2.24) is 9.88 Å². The lowest BCUT2D eigenvalue weighted by Gasteiger charge is -2.45. The molecular weight excluding hydrogens is 360 g/mol. The number of aromatic nitrogens is 1. The maximum atomic E-state index is 13.1. The summed E-state index contributed by atoms with van der Waals surface area (Å²) in [7, 11) is 0. The van der Waals surface area contributed by atoms with E-state index >= 15 is 0 Å². The number of piperidine rings is 1. The molecule has 4 nitrogen and oxygen atoms in total. The molecule has 2 aliphatic rings. The summed E-state index contributed by atoms with van der Waals surface area (Å²) in [5.74, 6) is 0.157. The minimum Gasteiger partial charge on any atom is -0.381 e. The van der Waals surface area contributed by atoms with Crippen molar-refractivity contribution in [1.29, 1.82) is 0 Å². The summed E-state index contributed by atoms with van der Waals surface area (Å²) < 4.78 is 5.55. The molecule has 0 bridgehead atoms. The fourth-order valence-electron chi connectivity index (χ4n) is 4.84. The van der Waals surface area contributed by atoms with Gasteiger partial charge in [-0.2, -0.15) is 0 Å². The standard InChI is InChI=1S/C25H26N2O2/c28-24(27-14-2-10-25(18-27)11-15-29-16-12-25)20-6-4-19(5-7-20)21-8-9-23-22(17-21)3-1-13-26-23/h1,3-9,13,17H,2,10-12,14-16,18H2. The van der Waals surface area contributed by atoms with Gasteiger partial charge >= 0.3 is 0 Å². The molecule has 4 heteroatoms. The molecule has 0 unspecified atom stereocenters. The van der Waals surface area contributed by atoms with Crippen LogP contribution in [0.3, 0.4) is 0 Å². The molecule has 0 atom stereocenters. The Morgan fingerprint density at radius 1 is 0.966 bits per heavy atom. The van der Waals surface area contributed by atoms with Crippen LogP contribution in [0.15, 0.2) is 60.8 Å². The van der Waals surface area contributed by atoms with Gasteiger partial charge in [0.15, 0.2) is 0 Å². The number of ether oxygens (including phenoxy) is 1. The number of pyridine rings is 1. The highest BCUT2D eigenvalue weighted by Crippen LogP contribution is 2.39. The summed E-state index contributed by atoms with van der Waals surface area (Å²) in [6.07, 6.45) is 6.28. The largest absolute Gasteiger partial charge is 0.381 e. The number of hydrogen-bond acceptors (Lipinski definition) is 3. The highest BCUT2D eigenvalue weighted by atomic mass is 16.5. The number of carbonyl (C=O) groups is 1. The second-order valence-corrected chi connectivity index (χ2v) is 8.43. The van der Waals surface area contributed by atoms with E-state index in [2.05, 4.69) is 40.2 Å². The number of hydrogen-bond donors (Lipinski definition) is 0. The smallest absolute Gasteiger partial charge is 0.253 e. The Hall–Kier alpha value is -2.72. The number of nitrogens with zero attached hydrogens (tertiary/aromatic N) is 2. The lowest BCUT2D eigenvalue weighted by Crippen LogP contribution is -2.48. The van der Waals surface area contributed by atoms with Crippen molar-refractivity contribution in [2.45, 2.75) is 25.7 Å². The van der Waals surface area contributed by atoms with Crippen molar-refractivity contribution in [2.75, 3.05) is 26.3 Å². The predicted octanol–water partition coefficient (Wildman–Crippen LogP) is 4.93. The van der Waals surface area contributed by atoms with Crippen molar-refractivity contribution >= 4 is 16.8 Å². The predicted molar refractivity (Wildman–Crippen MR) is 115 cm³/mol. The first-order chi connectivity index (χ1) is 14.2. The number of likely N-dealkylation sites (tertiary alicyclic amines) is 1. The zero-order valence-electron chi connectivity index (χ0n) is 16.6. The van der Waals surface area contributed by atoms with Crippen molar-refractivity contribution in [2.24, 2.45) is 5.41 Å². The number of fused-ring (bicyclic) bond motifs is 1. The summed E-state index contributed by atoms with van der Waals surface area (Å²) in [6, 6.07) is 18.4. The van der Waals surface area contributed by atoms with Crippen LogP contribution in [-0.2, 0) is 4.74 Å². The molecule has 0 radical (unpaired) electrons. The van der Waals surface area contributed by atoms with Gasteiger partial charge in [0.2, 0.25) is 0 Å². The lowest BCUT2D eigenvalue weighted by atomic mass is 9.74. The summed E-state index contributed by atoms with van der Waals surface area (Å²) in [5.41, 5.74) is 4.30. The molecule has 5 rings (SSSR count). The van der Waals surface area contributed by atoms with Gasteiger partial charge in [0.1, 0.15) is 0 Å². The van der Waals surface area contributed by atoms with Crippen LogP contribution in [0, 0.1) is 5.41 Å². The molecule has 1 aromatic heterocycles. The molecule has 0 N–H and O–H groups in total. The molecule has 1 amide bonds. The first-order valence-electron chi connectivity index (χ1n) is 10.5. The maximum Gasteiger partial charge on any atom is 0.253 e. The molecule has 2 fully saturated rings. The van der Waals surface area contributed by atoms with Crippen LogP contribution in [-0.4, -0.2) is 42.1 Å². The molecule has 148 valence electrons. The van der Waals surface area contributed by atoms with E-state index < -0.39 is 0 Å². The van der Waals surface area contributed by atoms with E-state index in [1.165, 1.54) is 6.42 Å². The lowest BCUT2D eigenvalue weighted by molar-refractivity contribution is -0.0229. The SMILES string of the molecule is O=C(c1ccc(-c2ccc3ncccc3c2)cc1)N1CCCC2(CCOCC2)C1. The van der Waals surface area contributed by atoms with Crippen LogP contribution in [0.5, 0.6) is 0 Å². The third-order valence-corrected chi connectivity index (χ3v) is 6.57. The van der Waals surface area contributed by atoms with Gasteiger partial charge in [-0.15, -0.1) is 0 Å². The van der Waals surface area contributed by atoms with Gasteiger partial charge in [-0.05, 0) is 72.6 Å². The Morgan fingerprint density at radius 3 is 2.59 bits per heavy atom. The fraction of sp³-hybridized carbons (Fsp3) is 0.360. The first kappa shape index (κ1) is 18.3. The number of benzene rings is 2. The fourth-order valence-corrected chi connectivity index (χ4v) is 4.84. The van der Waals surface area contributed by atoms with E-state index in [1.54, 1.807) is 0 Å². The van der Waals surface area contributed by atoms with Gasteiger partial charge in [-0.25, -0.2) is 0 Å². The second kappa shape index (κ2) is 7.60. The summed E-state index contributed by atoms with van der Waals surface area (Å²) in [5, 5.41) is 1.13. The van der Waals surface area contributed by atoms with Crippen LogP contribution in [0.1, 0.15) is 36.0 Å².